The summed E-state index contributed by atoms with van der Waals surface area (Å²) in [6, 6.07) is 16.1. The zero-order valence-corrected chi connectivity index (χ0v) is 19.1. The lowest BCUT2D eigenvalue weighted by Gasteiger charge is -2.36. The summed E-state index contributed by atoms with van der Waals surface area (Å²) in [7, 11) is 0. The van der Waals surface area contributed by atoms with Crippen LogP contribution in [0.1, 0.15) is 49.6 Å². The summed E-state index contributed by atoms with van der Waals surface area (Å²) < 4.78 is 5.71. The Balaban J connectivity index is 1.44. The number of fused-ring (bicyclic) bond motifs is 2. The van der Waals surface area contributed by atoms with Gasteiger partial charge in [-0.05, 0) is 59.1 Å². The molecular weight excluding hydrogens is 404 g/mol. The molecule has 3 aromatic rings. The first kappa shape index (κ1) is 21.4. The summed E-state index contributed by atoms with van der Waals surface area (Å²) >= 11 is 1.56. The van der Waals surface area contributed by atoms with Gasteiger partial charge in [0.1, 0.15) is 16.8 Å². The molecule has 1 N–H and O–H groups in total. The van der Waals surface area contributed by atoms with Crippen LogP contribution in [0.4, 0.5) is 5.00 Å². The number of carbonyl (C=O) groups excluding carboxylic acids is 1. The molecule has 1 atom stereocenters. The fraction of sp³-hybridized carbons (Fsp3) is 0.385. The maximum atomic E-state index is 12.6. The third-order valence-corrected chi connectivity index (χ3v) is 7.91. The molecule has 0 radical (unpaired) electrons. The fourth-order valence-electron chi connectivity index (χ4n) is 4.32. The van der Waals surface area contributed by atoms with Gasteiger partial charge < -0.3 is 10.1 Å². The van der Waals surface area contributed by atoms with Gasteiger partial charge in [-0.3, -0.25) is 4.79 Å². The summed E-state index contributed by atoms with van der Waals surface area (Å²) in [6.45, 7) is 6.81. The number of nitriles is 1. The molecule has 0 saturated heterocycles. The highest BCUT2D eigenvalue weighted by molar-refractivity contribution is 7.16. The van der Waals surface area contributed by atoms with Crippen molar-refractivity contribution in [3.8, 4) is 11.8 Å². The van der Waals surface area contributed by atoms with Gasteiger partial charge in [0.15, 0.2) is 6.61 Å². The number of nitrogens with zero attached hydrogens (tertiary/aromatic N) is 1. The Morgan fingerprint density at radius 1 is 1.26 bits per heavy atom. The second-order valence-corrected chi connectivity index (χ2v) is 10.1. The minimum Gasteiger partial charge on any atom is -0.484 e. The molecule has 0 bridgehead atoms. The molecule has 2 aromatic carbocycles. The van der Waals surface area contributed by atoms with Crippen molar-refractivity contribution in [2.45, 2.75) is 46.5 Å². The van der Waals surface area contributed by atoms with Crippen LogP contribution in [-0.2, 0) is 17.6 Å². The number of carbonyl (C=O) groups is 1. The number of amides is 1. The van der Waals surface area contributed by atoms with Crippen molar-refractivity contribution < 1.29 is 9.53 Å². The van der Waals surface area contributed by atoms with Crippen molar-refractivity contribution in [3.05, 3.63) is 58.5 Å². The maximum Gasteiger partial charge on any atom is 0.262 e. The molecule has 0 saturated carbocycles. The van der Waals surface area contributed by atoms with Crippen LogP contribution < -0.4 is 10.1 Å². The van der Waals surface area contributed by atoms with Crippen LogP contribution in [0.2, 0.25) is 0 Å². The standard InChI is InChI=1S/C26H28N2O2S/c1-4-26(2,3)19-10-12-21-22(15-27)25(31-23(21)14-19)28-24(29)16-30-20-11-9-17-7-5-6-8-18(17)13-20/h5-9,11,13,19H,4,10,12,14,16H2,1-3H3,(H,28,29). The Morgan fingerprint density at radius 3 is 2.77 bits per heavy atom. The summed E-state index contributed by atoms with van der Waals surface area (Å²) in [5.41, 5.74) is 2.04. The van der Waals surface area contributed by atoms with Crippen LogP contribution in [0, 0.1) is 22.7 Å². The van der Waals surface area contributed by atoms with Gasteiger partial charge in [0.2, 0.25) is 0 Å². The Hall–Kier alpha value is -2.84. The first-order valence-electron chi connectivity index (χ1n) is 10.9. The first-order valence-corrected chi connectivity index (χ1v) is 11.7. The molecule has 4 rings (SSSR count). The predicted molar refractivity (Wildman–Crippen MR) is 127 cm³/mol. The molecule has 1 heterocycles. The number of hydrogen-bond acceptors (Lipinski definition) is 4. The number of hydrogen-bond donors (Lipinski definition) is 1. The highest BCUT2D eigenvalue weighted by Crippen LogP contribution is 2.45. The van der Waals surface area contributed by atoms with E-state index in [0.717, 1.165) is 42.0 Å². The number of nitrogens with one attached hydrogen (secondary N) is 1. The monoisotopic (exact) mass is 432 g/mol. The second-order valence-electron chi connectivity index (χ2n) is 8.95. The van der Waals surface area contributed by atoms with E-state index in [1.165, 1.54) is 4.88 Å². The van der Waals surface area contributed by atoms with Crippen LogP contribution >= 0.6 is 11.3 Å². The molecule has 4 nitrogen and oxygen atoms in total. The van der Waals surface area contributed by atoms with E-state index < -0.39 is 0 Å². The smallest absolute Gasteiger partial charge is 0.262 e. The van der Waals surface area contributed by atoms with E-state index in [4.69, 9.17) is 4.74 Å². The van der Waals surface area contributed by atoms with E-state index >= 15 is 0 Å². The highest BCUT2D eigenvalue weighted by Gasteiger charge is 2.34. The largest absolute Gasteiger partial charge is 0.484 e. The van der Waals surface area contributed by atoms with Gasteiger partial charge in [0, 0.05) is 4.88 Å². The number of rotatable bonds is 6. The van der Waals surface area contributed by atoms with Crippen LogP contribution in [0.25, 0.3) is 10.8 Å². The molecule has 31 heavy (non-hydrogen) atoms. The first-order chi connectivity index (χ1) is 14.9. The van der Waals surface area contributed by atoms with E-state index in [2.05, 4.69) is 32.2 Å². The van der Waals surface area contributed by atoms with Gasteiger partial charge >= 0.3 is 0 Å². The van der Waals surface area contributed by atoms with E-state index in [0.29, 0.717) is 22.2 Å². The number of thiophene rings is 1. The Labute approximate surface area is 187 Å². The van der Waals surface area contributed by atoms with Crippen molar-refractivity contribution in [1.82, 2.24) is 0 Å². The lowest BCUT2D eigenvalue weighted by molar-refractivity contribution is -0.118. The van der Waals surface area contributed by atoms with Crippen LogP contribution in [-0.4, -0.2) is 12.5 Å². The van der Waals surface area contributed by atoms with Crippen molar-refractivity contribution in [2.24, 2.45) is 11.3 Å². The summed E-state index contributed by atoms with van der Waals surface area (Å²) in [4.78, 5) is 13.8. The van der Waals surface area contributed by atoms with Crippen molar-refractivity contribution in [2.75, 3.05) is 11.9 Å². The van der Waals surface area contributed by atoms with E-state index in [1.54, 1.807) is 11.3 Å². The molecule has 1 unspecified atom stereocenters. The van der Waals surface area contributed by atoms with Crippen molar-refractivity contribution in [1.29, 1.82) is 5.26 Å². The quantitative estimate of drug-likeness (QED) is 0.495. The molecular formula is C26H28N2O2S. The van der Waals surface area contributed by atoms with Gasteiger partial charge in [-0.25, -0.2) is 0 Å². The topological polar surface area (TPSA) is 62.1 Å². The average molecular weight is 433 g/mol. The third kappa shape index (κ3) is 4.45. The molecule has 1 aliphatic rings. The van der Waals surface area contributed by atoms with Crippen molar-refractivity contribution >= 4 is 33.0 Å². The van der Waals surface area contributed by atoms with Crippen LogP contribution in [0.15, 0.2) is 42.5 Å². The zero-order valence-electron chi connectivity index (χ0n) is 18.3. The lowest BCUT2D eigenvalue weighted by Crippen LogP contribution is -2.28. The van der Waals surface area contributed by atoms with Gasteiger partial charge in [0.25, 0.3) is 5.91 Å². The molecule has 0 aliphatic heterocycles. The Kier molecular flexibility index (Phi) is 6.02. The number of benzene rings is 2. The van der Waals surface area contributed by atoms with Crippen LogP contribution in [0.3, 0.4) is 0 Å². The summed E-state index contributed by atoms with van der Waals surface area (Å²) in [6.07, 6.45) is 4.13. The van der Waals surface area contributed by atoms with E-state index in [-0.39, 0.29) is 17.9 Å². The van der Waals surface area contributed by atoms with Gasteiger partial charge in [-0.2, -0.15) is 5.26 Å². The molecule has 5 heteroatoms. The van der Waals surface area contributed by atoms with Crippen molar-refractivity contribution in [3.63, 3.8) is 0 Å². The minimum absolute atomic E-state index is 0.0860. The Morgan fingerprint density at radius 2 is 2.03 bits per heavy atom. The van der Waals surface area contributed by atoms with Crippen LogP contribution in [0.5, 0.6) is 5.75 Å². The molecule has 0 fully saturated rings. The highest BCUT2D eigenvalue weighted by atomic mass is 32.1. The second kappa shape index (κ2) is 8.72. The summed E-state index contributed by atoms with van der Waals surface area (Å²) in [5, 5.41) is 15.5. The average Bonchev–Trinajstić information content (AvgIpc) is 3.13. The normalized spacial score (nSPS) is 15.9. The number of anilines is 1. The summed E-state index contributed by atoms with van der Waals surface area (Å²) in [5.74, 6) is 1.02. The third-order valence-electron chi connectivity index (χ3n) is 6.74. The van der Waals surface area contributed by atoms with Gasteiger partial charge in [-0.1, -0.05) is 57.5 Å². The van der Waals surface area contributed by atoms with Gasteiger partial charge in [-0.15, -0.1) is 11.3 Å². The van der Waals surface area contributed by atoms with Gasteiger partial charge in [0.05, 0.1) is 5.56 Å². The van der Waals surface area contributed by atoms with E-state index in [1.807, 2.05) is 42.5 Å². The molecule has 1 aliphatic carbocycles. The lowest BCUT2D eigenvalue weighted by atomic mass is 9.69. The Bertz CT molecular complexity index is 1160. The zero-order chi connectivity index (χ0) is 22.0. The molecule has 1 aromatic heterocycles. The molecule has 0 spiro atoms. The molecule has 1 amide bonds. The minimum atomic E-state index is -0.242. The molecule has 160 valence electrons. The SMILES string of the molecule is CCC(C)(C)C1CCc2c(sc(NC(=O)COc3ccc4ccccc4c3)c2C#N)C1. The fourth-order valence-corrected chi connectivity index (χ4v) is 5.61. The maximum absolute atomic E-state index is 12.6. The number of ether oxygens (including phenoxy) is 1. The van der Waals surface area contributed by atoms with E-state index in [9.17, 15) is 10.1 Å². The predicted octanol–water partition coefficient (Wildman–Crippen LogP) is 6.33.